The number of ether oxygens (including phenoxy) is 2. The van der Waals surface area contributed by atoms with Crippen LogP contribution in [0.4, 0.5) is 0 Å². The number of benzene rings is 1. The van der Waals surface area contributed by atoms with Crippen LogP contribution in [0.1, 0.15) is 27.1 Å². The van der Waals surface area contributed by atoms with Gasteiger partial charge >= 0.3 is 0 Å². The minimum absolute atomic E-state index is 0.00384. The van der Waals surface area contributed by atoms with Crippen molar-refractivity contribution >= 4 is 11.6 Å². The Hall–Kier alpha value is -1.52. The van der Waals surface area contributed by atoms with Crippen LogP contribution in [0.15, 0.2) is 24.3 Å². The Morgan fingerprint density at radius 3 is 2.00 bits per heavy atom. The zero-order chi connectivity index (χ0) is 12.6. The molecule has 1 aromatic rings. The quantitative estimate of drug-likeness (QED) is 0.648. The van der Waals surface area contributed by atoms with E-state index < -0.39 is 11.2 Å². The third-order valence-electron chi connectivity index (χ3n) is 5.83. The van der Waals surface area contributed by atoms with Crippen molar-refractivity contribution in [2.75, 3.05) is 0 Å². The highest BCUT2D eigenvalue weighted by Gasteiger charge is 2.96. The molecule has 6 unspecified atom stereocenters. The fraction of sp³-hybridized carbons (Fsp3) is 0.467. The fourth-order valence-corrected chi connectivity index (χ4v) is 5.10. The molecule has 0 amide bonds. The molecular formula is C15H10O4. The summed E-state index contributed by atoms with van der Waals surface area (Å²) in [4.78, 5) is 25.6. The first kappa shape index (κ1) is 9.39. The molecule has 6 atom stereocenters. The fourth-order valence-electron chi connectivity index (χ4n) is 5.10. The molecular weight excluding hydrogens is 244 g/mol. The molecule has 2 saturated heterocycles. The number of rotatable bonds is 0. The van der Waals surface area contributed by atoms with Gasteiger partial charge in [0.25, 0.3) is 0 Å². The second kappa shape index (κ2) is 2.30. The molecule has 2 heterocycles. The van der Waals surface area contributed by atoms with Crippen LogP contribution in [-0.2, 0) is 9.47 Å². The van der Waals surface area contributed by atoms with E-state index >= 15 is 0 Å². The Morgan fingerprint density at radius 1 is 0.947 bits per heavy atom. The van der Waals surface area contributed by atoms with Gasteiger partial charge in [-0.1, -0.05) is 24.3 Å². The second-order valence-corrected chi connectivity index (χ2v) is 6.29. The molecule has 0 aromatic heterocycles. The summed E-state index contributed by atoms with van der Waals surface area (Å²) in [5.41, 5.74) is -0.683. The van der Waals surface area contributed by atoms with Crippen LogP contribution in [0.25, 0.3) is 0 Å². The Bertz CT molecular complexity index is 653. The van der Waals surface area contributed by atoms with Gasteiger partial charge in [0.1, 0.15) is 0 Å². The summed E-state index contributed by atoms with van der Waals surface area (Å²) in [5.74, 6) is 0.188. The number of fused-ring (bicyclic) bond motifs is 6. The van der Waals surface area contributed by atoms with E-state index in [-0.39, 0.29) is 35.6 Å². The number of Topliss-reactive ketones (excluding diaryl/α,β-unsaturated/α-hetero) is 2. The van der Waals surface area contributed by atoms with Gasteiger partial charge in [-0.05, 0) is 6.42 Å². The van der Waals surface area contributed by atoms with E-state index in [2.05, 4.69) is 0 Å². The molecule has 2 bridgehead atoms. The number of epoxide rings is 2. The van der Waals surface area contributed by atoms with Crippen molar-refractivity contribution in [3.05, 3.63) is 35.4 Å². The predicted molar refractivity (Wildman–Crippen MR) is 61.9 cm³/mol. The Balaban J connectivity index is 1.68. The van der Waals surface area contributed by atoms with Gasteiger partial charge in [0.05, 0.1) is 12.2 Å². The lowest BCUT2D eigenvalue weighted by atomic mass is 9.67. The zero-order valence-electron chi connectivity index (χ0n) is 9.96. The van der Waals surface area contributed by atoms with Gasteiger partial charge in [0.2, 0.25) is 0 Å². The molecule has 2 saturated carbocycles. The number of ketones is 2. The average molecular weight is 254 g/mol. The van der Waals surface area contributed by atoms with Gasteiger partial charge in [-0.2, -0.15) is 0 Å². The second-order valence-electron chi connectivity index (χ2n) is 6.29. The van der Waals surface area contributed by atoms with E-state index in [1.165, 1.54) is 0 Å². The zero-order valence-corrected chi connectivity index (χ0v) is 9.96. The molecule has 0 spiro atoms. The summed E-state index contributed by atoms with van der Waals surface area (Å²) >= 11 is 0. The minimum Gasteiger partial charge on any atom is -0.369 e. The van der Waals surface area contributed by atoms with Crippen LogP contribution in [-0.4, -0.2) is 35.0 Å². The van der Waals surface area contributed by atoms with Crippen LogP contribution in [0.2, 0.25) is 0 Å². The lowest BCUT2D eigenvalue weighted by Gasteiger charge is -2.25. The summed E-state index contributed by atoms with van der Waals surface area (Å²) in [6.07, 6.45) is 1.21. The maximum atomic E-state index is 12.8. The first-order valence-electron chi connectivity index (χ1n) is 6.76. The van der Waals surface area contributed by atoms with Gasteiger partial charge in [-0.15, -0.1) is 0 Å². The van der Waals surface area contributed by atoms with Crippen LogP contribution < -0.4 is 0 Å². The summed E-state index contributed by atoms with van der Waals surface area (Å²) in [7, 11) is 0. The summed E-state index contributed by atoms with van der Waals surface area (Å²) in [6.45, 7) is 0. The Kier molecular flexibility index (Phi) is 1.13. The predicted octanol–water partition coefficient (Wildman–Crippen LogP) is 0.990. The normalized spacial score (nSPS) is 54.3. The highest BCUT2D eigenvalue weighted by atomic mass is 16.7. The largest absolute Gasteiger partial charge is 0.369 e. The van der Waals surface area contributed by atoms with Crippen molar-refractivity contribution in [3.63, 3.8) is 0 Å². The van der Waals surface area contributed by atoms with Crippen molar-refractivity contribution in [1.29, 1.82) is 0 Å². The minimum atomic E-state index is -0.874. The molecule has 4 fully saturated rings. The van der Waals surface area contributed by atoms with Gasteiger partial charge in [-0.25, -0.2) is 0 Å². The number of hydrogen-bond acceptors (Lipinski definition) is 4. The third kappa shape index (κ3) is 0.658. The molecule has 1 aromatic carbocycles. The van der Waals surface area contributed by atoms with Crippen molar-refractivity contribution in [2.24, 2.45) is 11.8 Å². The molecule has 5 aliphatic rings. The maximum absolute atomic E-state index is 12.8. The number of carbonyl (C=O) groups is 2. The summed E-state index contributed by atoms with van der Waals surface area (Å²) < 4.78 is 11.5. The lowest BCUT2D eigenvalue weighted by Crippen LogP contribution is -2.50. The summed E-state index contributed by atoms with van der Waals surface area (Å²) in [5, 5.41) is 0. The third-order valence-corrected chi connectivity index (χ3v) is 5.83. The summed E-state index contributed by atoms with van der Waals surface area (Å²) in [6, 6.07) is 7.10. The highest BCUT2D eigenvalue weighted by Crippen LogP contribution is 2.78. The molecule has 3 aliphatic carbocycles. The molecule has 6 rings (SSSR count). The van der Waals surface area contributed by atoms with Crippen LogP contribution in [0.5, 0.6) is 0 Å². The standard InChI is InChI=1S/C15H10O4/c16-12-6-3-1-2-4-7(6)13(17)15-9-5-8(10-11(9)18-10)14(12,15)19-15/h1-4,8-11H,5H2. The molecule has 94 valence electrons. The van der Waals surface area contributed by atoms with Crippen molar-refractivity contribution in [2.45, 2.75) is 29.8 Å². The number of hydrogen-bond donors (Lipinski definition) is 0. The highest BCUT2D eigenvalue weighted by molar-refractivity contribution is 6.26. The number of carbonyl (C=O) groups excluding carboxylic acids is 2. The van der Waals surface area contributed by atoms with E-state index in [1.807, 2.05) is 0 Å². The monoisotopic (exact) mass is 254 g/mol. The SMILES string of the molecule is O=C1c2ccccc2C(=O)C23OC12C1CC3C2OC21. The van der Waals surface area contributed by atoms with E-state index in [4.69, 9.17) is 9.47 Å². The van der Waals surface area contributed by atoms with E-state index in [9.17, 15) is 9.59 Å². The van der Waals surface area contributed by atoms with Crippen LogP contribution in [0, 0.1) is 11.8 Å². The lowest BCUT2D eigenvalue weighted by molar-refractivity contribution is 0.0653. The van der Waals surface area contributed by atoms with E-state index in [1.54, 1.807) is 24.3 Å². The molecule has 4 nitrogen and oxygen atoms in total. The molecule has 0 N–H and O–H groups in total. The Morgan fingerprint density at radius 2 is 1.47 bits per heavy atom. The first-order valence-corrected chi connectivity index (χ1v) is 6.76. The van der Waals surface area contributed by atoms with Gasteiger partial charge < -0.3 is 9.47 Å². The molecule has 4 heteroatoms. The van der Waals surface area contributed by atoms with Crippen molar-refractivity contribution in [3.8, 4) is 0 Å². The van der Waals surface area contributed by atoms with E-state index in [0.717, 1.165) is 6.42 Å². The van der Waals surface area contributed by atoms with Crippen molar-refractivity contribution in [1.82, 2.24) is 0 Å². The smallest absolute Gasteiger partial charge is 0.199 e. The van der Waals surface area contributed by atoms with Crippen molar-refractivity contribution < 1.29 is 19.1 Å². The Labute approximate surface area is 108 Å². The molecule has 2 aliphatic heterocycles. The van der Waals surface area contributed by atoms with Gasteiger partial charge in [0.15, 0.2) is 22.8 Å². The van der Waals surface area contributed by atoms with Crippen LogP contribution in [0.3, 0.4) is 0 Å². The average Bonchev–Trinajstić information content (AvgIpc) is 3.33. The molecule has 19 heavy (non-hydrogen) atoms. The first-order chi connectivity index (χ1) is 9.22. The van der Waals surface area contributed by atoms with Gasteiger partial charge in [-0.3, -0.25) is 9.59 Å². The molecule has 0 radical (unpaired) electrons. The topological polar surface area (TPSA) is 59.2 Å². The van der Waals surface area contributed by atoms with Crippen LogP contribution >= 0.6 is 0 Å². The van der Waals surface area contributed by atoms with E-state index in [0.29, 0.717) is 11.1 Å². The van der Waals surface area contributed by atoms with Gasteiger partial charge in [0, 0.05) is 23.0 Å². The maximum Gasteiger partial charge on any atom is 0.199 e.